The van der Waals surface area contributed by atoms with Crippen LogP contribution in [0.3, 0.4) is 0 Å². The van der Waals surface area contributed by atoms with Crippen LogP contribution in [0.4, 0.5) is 5.69 Å². The number of anilines is 1. The molecule has 1 rings (SSSR count). The lowest BCUT2D eigenvalue weighted by atomic mass is 10.1. The fraction of sp³-hybridized carbons (Fsp3) is 0.385. The van der Waals surface area contributed by atoms with Gasteiger partial charge in [0.05, 0.1) is 24.8 Å². The number of carbonyl (C=O) groups is 1. The van der Waals surface area contributed by atoms with Crippen LogP contribution in [0.25, 0.3) is 0 Å². The van der Waals surface area contributed by atoms with Crippen molar-refractivity contribution >= 4 is 11.6 Å². The molecule has 18 heavy (non-hydrogen) atoms. The number of hydrogen-bond donors (Lipinski definition) is 1. The summed E-state index contributed by atoms with van der Waals surface area (Å²) < 4.78 is 5.30. The van der Waals surface area contributed by atoms with Crippen LogP contribution in [0.2, 0.25) is 0 Å². The molecule has 0 saturated carbocycles. The fourth-order valence-corrected chi connectivity index (χ4v) is 1.51. The number of nitrogen functional groups attached to an aromatic ring is 1. The molecule has 0 spiro atoms. The van der Waals surface area contributed by atoms with Gasteiger partial charge in [0, 0.05) is 19.2 Å². The van der Waals surface area contributed by atoms with Gasteiger partial charge in [-0.05, 0) is 25.1 Å². The van der Waals surface area contributed by atoms with E-state index < -0.39 is 0 Å². The molecule has 0 radical (unpaired) electrons. The van der Waals surface area contributed by atoms with Gasteiger partial charge < -0.3 is 15.4 Å². The molecule has 96 valence electrons. The molecule has 5 nitrogen and oxygen atoms in total. The molecule has 1 amide bonds. The van der Waals surface area contributed by atoms with Crippen LogP contribution in [0.1, 0.15) is 23.7 Å². The maximum absolute atomic E-state index is 12.0. The van der Waals surface area contributed by atoms with Crippen molar-refractivity contribution in [3.05, 3.63) is 23.8 Å². The molecule has 0 aliphatic rings. The molecule has 0 aliphatic carbocycles. The Kier molecular flexibility index (Phi) is 5.00. The van der Waals surface area contributed by atoms with E-state index in [9.17, 15) is 4.79 Å². The van der Waals surface area contributed by atoms with E-state index in [2.05, 4.69) is 0 Å². The molecule has 0 bridgehead atoms. The van der Waals surface area contributed by atoms with E-state index in [-0.39, 0.29) is 5.91 Å². The van der Waals surface area contributed by atoms with Crippen molar-refractivity contribution in [3.63, 3.8) is 0 Å². The standard InChI is InChI=1S/C13H17N3O2/c1-3-18-12-6-5-10(9-11(12)15)13(17)16(2)8-4-7-14/h5-6,9H,3-4,8,15H2,1-2H3. The van der Waals surface area contributed by atoms with Crippen LogP contribution in [0.15, 0.2) is 18.2 Å². The molecule has 1 aromatic carbocycles. The number of rotatable bonds is 5. The first-order chi connectivity index (χ1) is 8.60. The Morgan fingerprint density at radius 2 is 2.28 bits per heavy atom. The van der Waals surface area contributed by atoms with Gasteiger partial charge in [0.1, 0.15) is 5.75 Å². The molecule has 0 saturated heterocycles. The Morgan fingerprint density at radius 3 is 2.83 bits per heavy atom. The second-order valence-electron chi connectivity index (χ2n) is 3.82. The second-order valence-corrected chi connectivity index (χ2v) is 3.82. The molecule has 0 aromatic heterocycles. The van der Waals surface area contributed by atoms with Crippen LogP contribution < -0.4 is 10.5 Å². The Balaban J connectivity index is 2.81. The lowest BCUT2D eigenvalue weighted by Crippen LogP contribution is -2.27. The van der Waals surface area contributed by atoms with E-state index in [0.717, 1.165) is 0 Å². The molecular formula is C13H17N3O2. The Hall–Kier alpha value is -2.22. The summed E-state index contributed by atoms with van der Waals surface area (Å²) >= 11 is 0. The predicted molar refractivity (Wildman–Crippen MR) is 69.2 cm³/mol. The SMILES string of the molecule is CCOc1ccc(C(=O)N(C)CCC#N)cc1N. The summed E-state index contributed by atoms with van der Waals surface area (Å²) in [5.41, 5.74) is 6.74. The predicted octanol–water partition coefficient (Wildman–Crippen LogP) is 1.65. The molecule has 0 heterocycles. The van der Waals surface area contributed by atoms with Crippen molar-refractivity contribution in [3.8, 4) is 11.8 Å². The van der Waals surface area contributed by atoms with Gasteiger partial charge in [-0.1, -0.05) is 0 Å². The molecule has 0 unspecified atom stereocenters. The number of ether oxygens (including phenoxy) is 1. The van der Waals surface area contributed by atoms with Gasteiger partial charge in [0.2, 0.25) is 0 Å². The number of benzene rings is 1. The topological polar surface area (TPSA) is 79.3 Å². The highest BCUT2D eigenvalue weighted by molar-refractivity contribution is 5.95. The number of carbonyl (C=O) groups excluding carboxylic acids is 1. The third-order valence-electron chi connectivity index (χ3n) is 2.46. The van der Waals surface area contributed by atoms with Crippen LogP contribution in [-0.4, -0.2) is 31.0 Å². The number of nitrogens with two attached hydrogens (primary N) is 1. The highest BCUT2D eigenvalue weighted by Crippen LogP contribution is 2.23. The molecule has 2 N–H and O–H groups in total. The minimum atomic E-state index is -0.153. The number of hydrogen-bond acceptors (Lipinski definition) is 4. The normalized spacial score (nSPS) is 9.61. The number of amides is 1. The average molecular weight is 247 g/mol. The van der Waals surface area contributed by atoms with Gasteiger partial charge >= 0.3 is 0 Å². The molecule has 0 fully saturated rings. The van der Waals surface area contributed by atoms with Crippen molar-refractivity contribution < 1.29 is 9.53 Å². The van der Waals surface area contributed by atoms with Gasteiger partial charge in [-0.3, -0.25) is 4.79 Å². The first-order valence-corrected chi connectivity index (χ1v) is 5.74. The first-order valence-electron chi connectivity index (χ1n) is 5.74. The van der Waals surface area contributed by atoms with E-state index in [1.165, 1.54) is 4.90 Å². The molecule has 0 aliphatic heterocycles. The minimum absolute atomic E-state index is 0.153. The summed E-state index contributed by atoms with van der Waals surface area (Å²) in [6.45, 7) is 2.80. The van der Waals surface area contributed by atoms with Crippen molar-refractivity contribution in [1.82, 2.24) is 4.90 Å². The molecule has 0 atom stereocenters. The van der Waals surface area contributed by atoms with Gasteiger partial charge in [-0.2, -0.15) is 5.26 Å². The van der Waals surface area contributed by atoms with Crippen LogP contribution in [-0.2, 0) is 0 Å². The lowest BCUT2D eigenvalue weighted by molar-refractivity contribution is 0.0798. The molecular weight excluding hydrogens is 230 g/mol. The summed E-state index contributed by atoms with van der Waals surface area (Å²) in [6, 6.07) is 6.95. The second kappa shape index (κ2) is 6.50. The maximum atomic E-state index is 12.0. The Labute approximate surface area is 107 Å². The van der Waals surface area contributed by atoms with Crippen LogP contribution >= 0.6 is 0 Å². The van der Waals surface area contributed by atoms with Gasteiger partial charge in [-0.25, -0.2) is 0 Å². The first kappa shape index (κ1) is 13.8. The van der Waals surface area contributed by atoms with Gasteiger partial charge in [-0.15, -0.1) is 0 Å². The quantitative estimate of drug-likeness (QED) is 0.802. The minimum Gasteiger partial charge on any atom is -0.492 e. The summed E-state index contributed by atoms with van der Waals surface area (Å²) in [5, 5.41) is 8.48. The van der Waals surface area contributed by atoms with Gasteiger partial charge in [0.15, 0.2) is 0 Å². The van der Waals surface area contributed by atoms with Crippen LogP contribution in [0.5, 0.6) is 5.75 Å². The van der Waals surface area contributed by atoms with E-state index in [4.69, 9.17) is 15.7 Å². The van der Waals surface area contributed by atoms with Crippen molar-refractivity contribution in [2.45, 2.75) is 13.3 Å². The van der Waals surface area contributed by atoms with Crippen LogP contribution in [0, 0.1) is 11.3 Å². The molecule has 1 aromatic rings. The fourth-order valence-electron chi connectivity index (χ4n) is 1.51. The van der Waals surface area contributed by atoms with E-state index in [0.29, 0.717) is 36.6 Å². The zero-order valence-electron chi connectivity index (χ0n) is 10.6. The zero-order valence-corrected chi connectivity index (χ0v) is 10.6. The van der Waals surface area contributed by atoms with Crippen molar-refractivity contribution in [2.24, 2.45) is 0 Å². The maximum Gasteiger partial charge on any atom is 0.253 e. The highest BCUT2D eigenvalue weighted by Gasteiger charge is 2.12. The highest BCUT2D eigenvalue weighted by atomic mass is 16.5. The third kappa shape index (κ3) is 3.39. The van der Waals surface area contributed by atoms with E-state index >= 15 is 0 Å². The third-order valence-corrected chi connectivity index (χ3v) is 2.46. The smallest absolute Gasteiger partial charge is 0.253 e. The largest absolute Gasteiger partial charge is 0.492 e. The van der Waals surface area contributed by atoms with Gasteiger partial charge in [0.25, 0.3) is 5.91 Å². The Bertz CT molecular complexity index is 466. The molecule has 5 heteroatoms. The summed E-state index contributed by atoms with van der Waals surface area (Å²) in [5.74, 6) is 0.425. The van der Waals surface area contributed by atoms with Crippen molar-refractivity contribution in [1.29, 1.82) is 5.26 Å². The number of nitrogens with zero attached hydrogens (tertiary/aromatic N) is 2. The Morgan fingerprint density at radius 1 is 1.56 bits per heavy atom. The van der Waals surface area contributed by atoms with E-state index in [1.54, 1.807) is 25.2 Å². The summed E-state index contributed by atoms with van der Waals surface area (Å²) in [7, 11) is 1.66. The lowest BCUT2D eigenvalue weighted by Gasteiger charge is -2.16. The number of nitriles is 1. The average Bonchev–Trinajstić information content (AvgIpc) is 2.37. The van der Waals surface area contributed by atoms with Crippen molar-refractivity contribution in [2.75, 3.05) is 25.9 Å². The monoisotopic (exact) mass is 247 g/mol. The zero-order chi connectivity index (χ0) is 13.5. The van der Waals surface area contributed by atoms with E-state index in [1.807, 2.05) is 13.0 Å². The summed E-state index contributed by atoms with van der Waals surface area (Å²) in [6.07, 6.45) is 0.314. The summed E-state index contributed by atoms with van der Waals surface area (Å²) in [4.78, 5) is 13.5.